The lowest BCUT2D eigenvalue weighted by Gasteiger charge is -2.07. The maximum atomic E-state index is 5.44. The molecular formula is C21H20N4O. The molecule has 0 unspecified atom stereocenters. The van der Waals surface area contributed by atoms with Crippen molar-refractivity contribution in [2.45, 2.75) is 19.8 Å². The molecule has 26 heavy (non-hydrogen) atoms. The highest BCUT2D eigenvalue weighted by Gasteiger charge is 2.14. The Kier molecular flexibility index (Phi) is 4.13. The Bertz CT molecular complexity index is 1050. The summed E-state index contributed by atoms with van der Waals surface area (Å²) < 4.78 is 5.44. The van der Waals surface area contributed by atoms with Gasteiger partial charge in [0.2, 0.25) is 5.88 Å². The van der Waals surface area contributed by atoms with Gasteiger partial charge in [0.05, 0.1) is 24.1 Å². The number of nitrogens with zero attached hydrogens (tertiary/aromatic N) is 3. The predicted molar refractivity (Wildman–Crippen MR) is 103 cm³/mol. The van der Waals surface area contributed by atoms with Crippen LogP contribution in [0.1, 0.15) is 25.3 Å². The number of hydrogen-bond acceptors (Lipinski definition) is 4. The number of methoxy groups -OCH3 is 1. The van der Waals surface area contributed by atoms with Gasteiger partial charge >= 0.3 is 0 Å². The van der Waals surface area contributed by atoms with Gasteiger partial charge in [-0.3, -0.25) is 4.98 Å². The third kappa shape index (κ3) is 2.92. The van der Waals surface area contributed by atoms with Crippen molar-refractivity contribution in [2.24, 2.45) is 0 Å². The quantitative estimate of drug-likeness (QED) is 0.576. The van der Waals surface area contributed by atoms with Gasteiger partial charge in [-0.1, -0.05) is 19.9 Å². The third-order valence-corrected chi connectivity index (χ3v) is 4.53. The lowest BCUT2D eigenvalue weighted by molar-refractivity contribution is 0.394. The molecule has 0 amide bonds. The maximum absolute atomic E-state index is 5.44. The van der Waals surface area contributed by atoms with Gasteiger partial charge in [0, 0.05) is 28.9 Å². The second kappa shape index (κ2) is 6.59. The topological polar surface area (TPSA) is 63.7 Å². The predicted octanol–water partition coefficient (Wildman–Crippen LogP) is 4.82. The van der Waals surface area contributed by atoms with Crippen LogP contribution in [0.3, 0.4) is 0 Å². The number of hydrogen-bond donors (Lipinski definition) is 1. The second-order valence-electron chi connectivity index (χ2n) is 6.57. The second-order valence-corrected chi connectivity index (χ2v) is 6.57. The molecule has 5 nitrogen and oxygen atoms in total. The van der Waals surface area contributed by atoms with Crippen molar-refractivity contribution in [1.29, 1.82) is 0 Å². The Morgan fingerprint density at radius 3 is 2.50 bits per heavy atom. The lowest BCUT2D eigenvalue weighted by atomic mass is 10.0. The molecule has 0 aliphatic heterocycles. The van der Waals surface area contributed by atoms with Gasteiger partial charge in [-0.2, -0.15) is 0 Å². The average Bonchev–Trinajstić information content (AvgIpc) is 3.11. The zero-order valence-corrected chi connectivity index (χ0v) is 15.0. The first-order valence-corrected chi connectivity index (χ1v) is 8.61. The van der Waals surface area contributed by atoms with Crippen molar-refractivity contribution < 1.29 is 4.74 Å². The maximum Gasteiger partial charge on any atom is 0.242 e. The fraction of sp³-hybridized carbons (Fsp3) is 0.190. The van der Waals surface area contributed by atoms with Crippen LogP contribution in [0.4, 0.5) is 0 Å². The molecule has 4 aromatic rings. The highest BCUT2D eigenvalue weighted by atomic mass is 16.5. The normalized spacial score (nSPS) is 11.2. The molecule has 0 saturated heterocycles. The van der Waals surface area contributed by atoms with E-state index in [1.807, 2.05) is 18.2 Å². The molecule has 0 aliphatic carbocycles. The van der Waals surface area contributed by atoms with Crippen LogP contribution in [0.5, 0.6) is 5.88 Å². The number of pyridine rings is 1. The van der Waals surface area contributed by atoms with E-state index in [1.54, 1.807) is 19.5 Å². The van der Waals surface area contributed by atoms with Crippen LogP contribution in [-0.2, 0) is 0 Å². The highest BCUT2D eigenvalue weighted by molar-refractivity contribution is 5.88. The van der Waals surface area contributed by atoms with E-state index in [1.165, 1.54) is 10.9 Å². The Morgan fingerprint density at radius 2 is 1.77 bits per heavy atom. The molecule has 0 aliphatic rings. The first kappa shape index (κ1) is 16.3. The van der Waals surface area contributed by atoms with E-state index in [0.717, 1.165) is 28.0 Å². The average molecular weight is 344 g/mol. The number of aromatic amines is 1. The summed E-state index contributed by atoms with van der Waals surface area (Å²) in [5, 5.41) is 9.71. The zero-order chi connectivity index (χ0) is 18.1. The summed E-state index contributed by atoms with van der Waals surface area (Å²) in [4.78, 5) is 7.53. The fourth-order valence-corrected chi connectivity index (χ4v) is 3.04. The van der Waals surface area contributed by atoms with Crippen molar-refractivity contribution in [3.63, 3.8) is 0 Å². The van der Waals surface area contributed by atoms with Gasteiger partial charge in [0.25, 0.3) is 0 Å². The number of aromatic nitrogens is 4. The summed E-state index contributed by atoms with van der Waals surface area (Å²) in [5.41, 5.74) is 6.01. The van der Waals surface area contributed by atoms with Crippen LogP contribution in [0, 0.1) is 0 Å². The summed E-state index contributed by atoms with van der Waals surface area (Å²) in [7, 11) is 1.61. The number of rotatable bonds is 4. The Balaban J connectivity index is 1.84. The van der Waals surface area contributed by atoms with Gasteiger partial charge in [-0.15, -0.1) is 10.2 Å². The van der Waals surface area contributed by atoms with Gasteiger partial charge in [-0.25, -0.2) is 0 Å². The summed E-state index contributed by atoms with van der Waals surface area (Å²) >= 11 is 0. The van der Waals surface area contributed by atoms with Crippen LogP contribution in [0.15, 0.2) is 54.9 Å². The smallest absolute Gasteiger partial charge is 0.242 e. The van der Waals surface area contributed by atoms with E-state index in [9.17, 15) is 0 Å². The standard InChI is InChI=1S/C21H20N4O/c1-13(2)15-4-5-18-16(10-15)11-20(23-18)17-12-19(24-25-21(17)26-3)14-6-8-22-9-7-14/h4-13,23H,1-3H3. The Morgan fingerprint density at radius 1 is 0.962 bits per heavy atom. The molecule has 0 spiro atoms. The molecule has 4 rings (SSSR count). The van der Waals surface area contributed by atoms with Gasteiger partial charge in [-0.05, 0) is 47.9 Å². The molecule has 0 fully saturated rings. The van der Waals surface area contributed by atoms with Crippen molar-refractivity contribution in [1.82, 2.24) is 20.2 Å². The minimum Gasteiger partial charge on any atom is -0.479 e. The largest absolute Gasteiger partial charge is 0.479 e. The molecular weight excluding hydrogens is 324 g/mol. The summed E-state index contributed by atoms with van der Waals surface area (Å²) in [6, 6.07) is 14.5. The molecule has 3 aromatic heterocycles. The molecule has 3 heterocycles. The SMILES string of the molecule is COc1nnc(-c2ccncc2)cc1-c1cc2cc(C(C)C)ccc2[nH]1. The van der Waals surface area contributed by atoms with Crippen molar-refractivity contribution in [3.05, 3.63) is 60.4 Å². The van der Waals surface area contributed by atoms with Gasteiger partial charge < -0.3 is 9.72 Å². The molecule has 1 aromatic carbocycles. The fourth-order valence-electron chi connectivity index (χ4n) is 3.04. The monoisotopic (exact) mass is 344 g/mol. The minimum atomic E-state index is 0.494. The van der Waals surface area contributed by atoms with Crippen LogP contribution in [0.2, 0.25) is 0 Å². The summed E-state index contributed by atoms with van der Waals surface area (Å²) in [5.74, 6) is 0.992. The van der Waals surface area contributed by atoms with Crippen LogP contribution in [0.25, 0.3) is 33.4 Å². The number of benzene rings is 1. The lowest BCUT2D eigenvalue weighted by Crippen LogP contribution is -1.96. The summed E-state index contributed by atoms with van der Waals surface area (Å²) in [6.07, 6.45) is 3.49. The molecule has 0 radical (unpaired) electrons. The molecule has 0 bridgehead atoms. The van der Waals surface area contributed by atoms with Crippen LogP contribution in [-0.4, -0.2) is 27.3 Å². The van der Waals surface area contributed by atoms with Crippen LogP contribution < -0.4 is 4.74 Å². The first-order valence-electron chi connectivity index (χ1n) is 8.61. The van der Waals surface area contributed by atoms with E-state index in [4.69, 9.17) is 4.74 Å². The number of nitrogens with one attached hydrogen (secondary N) is 1. The number of ether oxygens (including phenoxy) is 1. The van der Waals surface area contributed by atoms with E-state index < -0.39 is 0 Å². The van der Waals surface area contributed by atoms with Gasteiger partial charge in [0.15, 0.2) is 0 Å². The highest BCUT2D eigenvalue weighted by Crippen LogP contribution is 2.33. The number of H-pyrrole nitrogens is 1. The Labute approximate surface area is 152 Å². The zero-order valence-electron chi connectivity index (χ0n) is 15.0. The number of fused-ring (bicyclic) bond motifs is 1. The van der Waals surface area contributed by atoms with Crippen molar-refractivity contribution >= 4 is 10.9 Å². The van der Waals surface area contributed by atoms with Crippen molar-refractivity contribution in [2.75, 3.05) is 7.11 Å². The molecule has 0 atom stereocenters. The first-order chi connectivity index (χ1) is 12.7. The van der Waals surface area contributed by atoms with E-state index in [-0.39, 0.29) is 0 Å². The summed E-state index contributed by atoms with van der Waals surface area (Å²) in [6.45, 7) is 4.40. The van der Waals surface area contributed by atoms with E-state index in [0.29, 0.717) is 11.8 Å². The molecule has 0 saturated carbocycles. The molecule has 5 heteroatoms. The van der Waals surface area contributed by atoms with Crippen molar-refractivity contribution in [3.8, 4) is 28.4 Å². The van der Waals surface area contributed by atoms with Gasteiger partial charge in [0.1, 0.15) is 0 Å². The molecule has 1 N–H and O–H groups in total. The van der Waals surface area contributed by atoms with Crippen LogP contribution >= 0.6 is 0 Å². The Hall–Kier alpha value is -3.21. The molecule has 130 valence electrons. The van der Waals surface area contributed by atoms with E-state index in [2.05, 4.69) is 58.3 Å². The minimum absolute atomic E-state index is 0.494. The third-order valence-electron chi connectivity index (χ3n) is 4.53. The van der Waals surface area contributed by atoms with E-state index >= 15 is 0 Å².